The summed E-state index contributed by atoms with van der Waals surface area (Å²) in [4.78, 5) is 13.7. The van der Waals surface area contributed by atoms with Crippen LogP contribution in [0.5, 0.6) is 0 Å². The Balaban J connectivity index is 1.70. The Bertz CT molecular complexity index is 1290. The lowest BCUT2D eigenvalue weighted by Gasteiger charge is -2.48. The lowest BCUT2D eigenvalue weighted by atomic mass is 9.74. The van der Waals surface area contributed by atoms with Crippen LogP contribution in [0.3, 0.4) is 0 Å². The molecule has 7 nitrogen and oxygen atoms in total. The number of amides is 2. The van der Waals surface area contributed by atoms with E-state index in [9.17, 15) is 49.1 Å². The Hall–Kier alpha value is -2.91. The number of benzene rings is 2. The monoisotopic (exact) mass is 584 g/mol. The number of sulfone groups is 1. The number of halogens is 7. The van der Waals surface area contributed by atoms with Crippen LogP contribution in [0.15, 0.2) is 53.4 Å². The van der Waals surface area contributed by atoms with Crippen molar-refractivity contribution >= 4 is 15.9 Å². The summed E-state index contributed by atoms with van der Waals surface area (Å²) < 4.78 is 124. The molecule has 2 fully saturated rings. The summed E-state index contributed by atoms with van der Waals surface area (Å²) in [6.07, 6.45) is -12.7. The van der Waals surface area contributed by atoms with Crippen LogP contribution in [-0.2, 0) is 24.9 Å². The number of aliphatic hydroxyl groups is 1. The molecule has 4 rings (SSSR count). The van der Waals surface area contributed by atoms with Crippen LogP contribution in [0, 0.1) is 5.82 Å². The summed E-state index contributed by atoms with van der Waals surface area (Å²) in [6, 6.07) is 4.90. The van der Waals surface area contributed by atoms with E-state index in [1.54, 1.807) is 0 Å². The third-order valence-corrected chi connectivity index (χ3v) is 9.56. The number of ether oxygens (including phenoxy) is 1. The Kier molecular flexibility index (Phi) is 7.40. The van der Waals surface area contributed by atoms with Gasteiger partial charge in [-0.15, -0.1) is 0 Å². The summed E-state index contributed by atoms with van der Waals surface area (Å²) in [5.74, 6) is -0.727. The number of nitrogens with one attached hydrogen (secondary N) is 1. The van der Waals surface area contributed by atoms with Crippen LogP contribution >= 0.6 is 0 Å². The minimum Gasteiger partial charge on any atom is -0.378 e. The second-order valence-electron chi connectivity index (χ2n) is 9.39. The topological polar surface area (TPSA) is 95.9 Å². The molecule has 2 N–H and O–H groups in total. The number of hydrogen-bond donors (Lipinski definition) is 2. The third-order valence-electron chi connectivity index (χ3n) is 7.07. The number of urea groups is 1. The predicted octanol–water partition coefficient (Wildman–Crippen LogP) is 4.01. The van der Waals surface area contributed by atoms with Gasteiger partial charge in [-0.05, 0) is 42.7 Å². The average molecular weight is 585 g/mol. The molecule has 0 unspecified atom stereocenters. The van der Waals surface area contributed by atoms with Crippen molar-refractivity contribution in [1.29, 1.82) is 0 Å². The second-order valence-corrected chi connectivity index (χ2v) is 11.6. The van der Waals surface area contributed by atoms with Gasteiger partial charge in [0, 0.05) is 24.7 Å². The Morgan fingerprint density at radius 3 is 1.92 bits per heavy atom. The van der Waals surface area contributed by atoms with Gasteiger partial charge in [-0.1, -0.05) is 24.3 Å². The zero-order chi connectivity index (χ0) is 28.9. The summed E-state index contributed by atoms with van der Waals surface area (Å²) in [5, 5.41) is 12.4. The van der Waals surface area contributed by atoms with E-state index in [4.69, 9.17) is 4.74 Å². The van der Waals surface area contributed by atoms with Crippen LogP contribution in [0.4, 0.5) is 35.5 Å². The fourth-order valence-electron chi connectivity index (χ4n) is 4.82. The highest BCUT2D eigenvalue weighted by atomic mass is 32.2. The molecule has 2 aliphatic rings. The van der Waals surface area contributed by atoms with Crippen molar-refractivity contribution in [2.24, 2.45) is 0 Å². The van der Waals surface area contributed by atoms with Crippen molar-refractivity contribution in [3.05, 3.63) is 65.5 Å². The van der Waals surface area contributed by atoms with E-state index in [-0.39, 0.29) is 23.3 Å². The SMILES string of the molecule is O=C(N[C@H]1C[C@@](c2ccc(C(O)(C(F)(F)F)C(F)(F)F)cc2)(S(=O)(=O)c2ccc(F)cc2)C1)N1CCOCC1. The van der Waals surface area contributed by atoms with E-state index in [2.05, 4.69) is 5.32 Å². The van der Waals surface area contributed by atoms with Gasteiger partial charge in [-0.3, -0.25) is 0 Å². The average Bonchev–Trinajstić information content (AvgIpc) is 2.84. The molecule has 0 aromatic heterocycles. The van der Waals surface area contributed by atoms with Crippen molar-refractivity contribution < 1.29 is 53.8 Å². The van der Waals surface area contributed by atoms with Crippen molar-refractivity contribution in [2.75, 3.05) is 26.3 Å². The number of rotatable bonds is 5. The zero-order valence-electron chi connectivity index (χ0n) is 20.0. The molecule has 0 atom stereocenters. The molecule has 1 aliphatic carbocycles. The zero-order valence-corrected chi connectivity index (χ0v) is 20.8. The predicted molar refractivity (Wildman–Crippen MR) is 122 cm³/mol. The molecular formula is C24H23F7N2O5S. The maximum absolute atomic E-state index is 13.7. The molecule has 1 saturated heterocycles. The Morgan fingerprint density at radius 1 is 0.923 bits per heavy atom. The van der Waals surface area contributed by atoms with Crippen molar-refractivity contribution in [1.82, 2.24) is 10.2 Å². The number of carbonyl (C=O) groups is 1. The van der Waals surface area contributed by atoms with E-state index >= 15 is 0 Å². The van der Waals surface area contributed by atoms with E-state index in [0.717, 1.165) is 36.4 Å². The molecule has 2 amide bonds. The van der Waals surface area contributed by atoms with Gasteiger partial charge in [0.2, 0.25) is 0 Å². The molecule has 0 radical (unpaired) electrons. The normalized spacial score (nSPS) is 22.8. The molecule has 1 saturated carbocycles. The van der Waals surface area contributed by atoms with Gasteiger partial charge >= 0.3 is 18.4 Å². The van der Waals surface area contributed by atoms with Gasteiger partial charge in [-0.2, -0.15) is 26.3 Å². The first-order valence-corrected chi connectivity index (χ1v) is 13.1. The Morgan fingerprint density at radius 2 is 1.44 bits per heavy atom. The molecule has 2 aromatic rings. The first kappa shape index (κ1) is 29.1. The maximum Gasteiger partial charge on any atom is 0.430 e. The molecular weight excluding hydrogens is 561 g/mol. The second kappa shape index (κ2) is 9.93. The van der Waals surface area contributed by atoms with Crippen LogP contribution in [0.2, 0.25) is 0 Å². The van der Waals surface area contributed by atoms with Gasteiger partial charge in [0.1, 0.15) is 10.6 Å². The molecule has 2 aromatic carbocycles. The van der Waals surface area contributed by atoms with E-state index in [0.29, 0.717) is 38.4 Å². The number of carbonyl (C=O) groups excluding carboxylic acids is 1. The highest BCUT2D eigenvalue weighted by Gasteiger charge is 2.71. The van der Waals surface area contributed by atoms with Gasteiger partial charge in [0.25, 0.3) is 5.60 Å². The molecule has 15 heteroatoms. The minimum absolute atomic E-state index is 0.154. The molecule has 1 heterocycles. The summed E-state index contributed by atoms with van der Waals surface area (Å²) in [6.45, 7) is 1.24. The van der Waals surface area contributed by atoms with Gasteiger partial charge in [0.15, 0.2) is 9.84 Å². The smallest absolute Gasteiger partial charge is 0.378 e. The number of morpholine rings is 1. The van der Waals surface area contributed by atoms with Crippen LogP contribution in [-0.4, -0.2) is 69.2 Å². The highest BCUT2D eigenvalue weighted by Crippen LogP contribution is 2.53. The Labute approximate surface area is 218 Å². The molecule has 0 spiro atoms. The molecule has 0 bridgehead atoms. The summed E-state index contributed by atoms with van der Waals surface area (Å²) in [7, 11) is -4.39. The van der Waals surface area contributed by atoms with Gasteiger partial charge in [0.05, 0.1) is 18.1 Å². The fraction of sp³-hybridized carbons (Fsp3) is 0.458. The minimum atomic E-state index is -6.12. The number of hydrogen-bond acceptors (Lipinski definition) is 5. The first-order valence-electron chi connectivity index (χ1n) is 11.6. The van der Waals surface area contributed by atoms with Crippen LogP contribution in [0.1, 0.15) is 24.0 Å². The van der Waals surface area contributed by atoms with Crippen molar-refractivity contribution in [2.45, 2.75) is 46.5 Å². The molecule has 39 heavy (non-hydrogen) atoms. The molecule has 214 valence electrons. The van der Waals surface area contributed by atoms with Crippen molar-refractivity contribution in [3.63, 3.8) is 0 Å². The summed E-state index contributed by atoms with van der Waals surface area (Å²) in [5.41, 5.74) is -6.88. The first-order chi connectivity index (χ1) is 18.0. The van der Waals surface area contributed by atoms with E-state index in [1.807, 2.05) is 0 Å². The van der Waals surface area contributed by atoms with Crippen molar-refractivity contribution in [3.8, 4) is 0 Å². The maximum atomic E-state index is 13.7. The van der Waals surface area contributed by atoms with E-state index < -0.39 is 56.0 Å². The summed E-state index contributed by atoms with van der Waals surface area (Å²) >= 11 is 0. The van der Waals surface area contributed by atoms with Gasteiger partial charge < -0.3 is 20.1 Å². The van der Waals surface area contributed by atoms with Gasteiger partial charge in [-0.25, -0.2) is 17.6 Å². The standard InChI is InChI=1S/C24H23F7N2O5S/c25-17-5-7-19(8-6-17)39(36,37)21(13-18(14-21)32-20(34)33-9-11-38-12-10-33)15-1-3-16(4-2-15)22(35,23(26,27)28)24(29,30)31/h1-8,18,35H,9-14H2,(H,32,34)/t18-,21+. The van der Waals surface area contributed by atoms with E-state index in [1.165, 1.54) is 4.90 Å². The fourth-order valence-corrected chi connectivity index (χ4v) is 7.06. The highest BCUT2D eigenvalue weighted by molar-refractivity contribution is 7.92. The largest absolute Gasteiger partial charge is 0.430 e. The van der Waals surface area contributed by atoms with Crippen LogP contribution < -0.4 is 5.32 Å². The number of nitrogens with zero attached hydrogens (tertiary/aromatic N) is 1. The van der Waals surface area contributed by atoms with Crippen LogP contribution in [0.25, 0.3) is 0 Å². The molecule has 1 aliphatic heterocycles. The quantitative estimate of drug-likeness (QED) is 0.409. The number of alkyl halides is 6. The third kappa shape index (κ3) is 4.95. The lowest BCUT2D eigenvalue weighted by Crippen LogP contribution is -2.59. The lowest BCUT2D eigenvalue weighted by molar-refractivity contribution is -0.376.